The standard InChI is InChI=1S/C9H7BrF2O/c1-5-6(11)2-3-7(12)9(5)8(13)4-10/h2-3H,4H2,1H3. The lowest BCUT2D eigenvalue weighted by Gasteiger charge is -2.04. The number of hydrogen-bond donors (Lipinski definition) is 0. The summed E-state index contributed by atoms with van der Waals surface area (Å²) in [6.45, 7) is 1.38. The van der Waals surface area contributed by atoms with Crippen molar-refractivity contribution in [3.8, 4) is 0 Å². The molecule has 0 spiro atoms. The first-order valence-corrected chi connectivity index (χ1v) is 4.74. The number of benzene rings is 1. The predicted molar refractivity (Wildman–Crippen MR) is 49.2 cm³/mol. The van der Waals surface area contributed by atoms with Gasteiger partial charge in [-0.05, 0) is 24.6 Å². The summed E-state index contributed by atoms with van der Waals surface area (Å²) in [6, 6.07) is 1.97. The highest BCUT2D eigenvalue weighted by atomic mass is 79.9. The van der Waals surface area contributed by atoms with Gasteiger partial charge in [0.1, 0.15) is 11.6 Å². The molecule has 0 aromatic heterocycles. The molecule has 4 heteroatoms. The van der Waals surface area contributed by atoms with Gasteiger partial charge >= 0.3 is 0 Å². The van der Waals surface area contributed by atoms with Crippen LogP contribution in [0.4, 0.5) is 8.78 Å². The minimum absolute atomic E-state index is 0.00574. The fraction of sp³-hybridized carbons (Fsp3) is 0.222. The van der Waals surface area contributed by atoms with E-state index in [-0.39, 0.29) is 16.5 Å². The molecular formula is C9H7BrF2O. The van der Waals surface area contributed by atoms with Crippen LogP contribution in [0.15, 0.2) is 12.1 Å². The summed E-state index contributed by atoms with van der Waals surface area (Å²) in [6.07, 6.45) is 0. The summed E-state index contributed by atoms with van der Waals surface area (Å²) in [5.41, 5.74) is -0.110. The maximum atomic E-state index is 13.1. The first-order chi connectivity index (χ1) is 6.07. The van der Waals surface area contributed by atoms with Crippen LogP contribution in [0.3, 0.4) is 0 Å². The molecule has 0 heterocycles. The van der Waals surface area contributed by atoms with Crippen LogP contribution in [0, 0.1) is 18.6 Å². The molecule has 13 heavy (non-hydrogen) atoms. The zero-order chi connectivity index (χ0) is 10.0. The summed E-state index contributed by atoms with van der Waals surface area (Å²) in [5, 5.41) is -0.00574. The molecule has 1 rings (SSSR count). The average molecular weight is 249 g/mol. The number of alkyl halides is 1. The molecule has 0 atom stereocenters. The Morgan fingerprint density at radius 3 is 2.46 bits per heavy atom. The van der Waals surface area contributed by atoms with Gasteiger partial charge in [0.25, 0.3) is 0 Å². The third kappa shape index (κ3) is 1.94. The van der Waals surface area contributed by atoms with Crippen molar-refractivity contribution >= 4 is 21.7 Å². The Bertz CT molecular complexity index is 350. The molecule has 0 unspecified atom stereocenters. The van der Waals surface area contributed by atoms with E-state index in [0.29, 0.717) is 0 Å². The maximum Gasteiger partial charge on any atom is 0.176 e. The predicted octanol–water partition coefficient (Wildman–Crippen LogP) is 2.85. The number of carbonyl (C=O) groups excluding carboxylic acids is 1. The normalized spacial score (nSPS) is 10.2. The number of hydrogen-bond acceptors (Lipinski definition) is 1. The van der Waals surface area contributed by atoms with Crippen molar-refractivity contribution < 1.29 is 13.6 Å². The van der Waals surface area contributed by atoms with Gasteiger partial charge in [0, 0.05) is 0 Å². The Balaban J connectivity index is 3.33. The molecule has 0 amide bonds. The summed E-state index contributed by atoms with van der Waals surface area (Å²) in [4.78, 5) is 11.2. The van der Waals surface area contributed by atoms with Crippen molar-refractivity contribution in [2.75, 3.05) is 5.33 Å². The number of halogens is 3. The number of rotatable bonds is 2. The Morgan fingerprint density at radius 1 is 1.38 bits per heavy atom. The van der Waals surface area contributed by atoms with Crippen LogP contribution in [0.25, 0.3) is 0 Å². The molecule has 0 aliphatic carbocycles. The van der Waals surface area contributed by atoms with E-state index in [2.05, 4.69) is 15.9 Å². The van der Waals surface area contributed by atoms with Crippen LogP contribution >= 0.6 is 15.9 Å². The molecule has 0 fully saturated rings. The largest absolute Gasteiger partial charge is 0.293 e. The van der Waals surface area contributed by atoms with E-state index in [9.17, 15) is 13.6 Å². The molecular weight excluding hydrogens is 242 g/mol. The summed E-state index contributed by atoms with van der Waals surface area (Å²) in [7, 11) is 0. The van der Waals surface area contributed by atoms with E-state index in [1.807, 2.05) is 0 Å². The van der Waals surface area contributed by atoms with E-state index in [0.717, 1.165) is 12.1 Å². The zero-order valence-electron chi connectivity index (χ0n) is 6.90. The van der Waals surface area contributed by atoms with Gasteiger partial charge in [-0.2, -0.15) is 0 Å². The van der Waals surface area contributed by atoms with Gasteiger partial charge in [-0.3, -0.25) is 4.79 Å². The van der Waals surface area contributed by atoms with E-state index in [1.165, 1.54) is 6.92 Å². The number of Topliss-reactive ketones (excluding diaryl/α,β-unsaturated/α-hetero) is 1. The highest BCUT2D eigenvalue weighted by molar-refractivity contribution is 9.09. The molecule has 1 aromatic carbocycles. The topological polar surface area (TPSA) is 17.1 Å². The summed E-state index contributed by atoms with van der Waals surface area (Å²) in [5.74, 6) is -1.69. The Labute approximate surface area is 82.9 Å². The highest BCUT2D eigenvalue weighted by Gasteiger charge is 2.15. The lowest BCUT2D eigenvalue weighted by molar-refractivity contribution is 0.101. The average Bonchev–Trinajstić information content (AvgIpc) is 2.12. The molecule has 0 N–H and O–H groups in total. The van der Waals surface area contributed by atoms with Gasteiger partial charge < -0.3 is 0 Å². The van der Waals surface area contributed by atoms with E-state index < -0.39 is 17.4 Å². The van der Waals surface area contributed by atoms with Crippen LogP contribution < -0.4 is 0 Å². The third-order valence-corrected chi connectivity index (χ3v) is 2.26. The van der Waals surface area contributed by atoms with Gasteiger partial charge in [-0.25, -0.2) is 8.78 Å². The van der Waals surface area contributed by atoms with Gasteiger partial charge in [0.2, 0.25) is 0 Å². The second kappa shape index (κ2) is 3.96. The minimum atomic E-state index is -0.677. The molecule has 0 aliphatic heterocycles. The van der Waals surface area contributed by atoms with Crippen molar-refractivity contribution in [1.29, 1.82) is 0 Å². The molecule has 0 bridgehead atoms. The van der Waals surface area contributed by atoms with Crippen molar-refractivity contribution in [2.24, 2.45) is 0 Å². The maximum absolute atomic E-state index is 13.1. The van der Waals surface area contributed by atoms with Crippen molar-refractivity contribution in [1.82, 2.24) is 0 Å². The quantitative estimate of drug-likeness (QED) is 0.581. The van der Waals surface area contributed by atoms with Crippen LogP contribution in [-0.2, 0) is 0 Å². The first kappa shape index (κ1) is 10.3. The Morgan fingerprint density at radius 2 is 1.92 bits per heavy atom. The third-order valence-electron chi connectivity index (χ3n) is 1.75. The smallest absolute Gasteiger partial charge is 0.176 e. The highest BCUT2D eigenvalue weighted by Crippen LogP contribution is 2.17. The minimum Gasteiger partial charge on any atom is -0.293 e. The van der Waals surface area contributed by atoms with Gasteiger partial charge in [0.15, 0.2) is 5.78 Å². The molecule has 0 aliphatic rings. The number of carbonyl (C=O) groups is 1. The number of ketones is 1. The second-order valence-electron chi connectivity index (χ2n) is 2.59. The van der Waals surface area contributed by atoms with Gasteiger partial charge in [0.05, 0.1) is 10.9 Å². The monoisotopic (exact) mass is 248 g/mol. The molecule has 1 aromatic rings. The van der Waals surface area contributed by atoms with Crippen LogP contribution in [0.1, 0.15) is 15.9 Å². The lowest BCUT2D eigenvalue weighted by atomic mass is 10.0. The summed E-state index contributed by atoms with van der Waals surface area (Å²) >= 11 is 2.91. The zero-order valence-corrected chi connectivity index (χ0v) is 8.49. The first-order valence-electron chi connectivity index (χ1n) is 3.61. The molecule has 70 valence electrons. The summed E-state index contributed by atoms with van der Waals surface area (Å²) < 4.78 is 26.0. The SMILES string of the molecule is Cc1c(F)ccc(F)c1C(=O)CBr. The molecule has 1 nitrogen and oxygen atoms in total. The molecule has 0 saturated heterocycles. The van der Waals surface area contributed by atoms with E-state index in [4.69, 9.17) is 0 Å². The van der Waals surface area contributed by atoms with Gasteiger partial charge in [-0.15, -0.1) is 0 Å². The van der Waals surface area contributed by atoms with Crippen LogP contribution in [-0.4, -0.2) is 11.1 Å². The van der Waals surface area contributed by atoms with Crippen LogP contribution in [0.2, 0.25) is 0 Å². The van der Waals surface area contributed by atoms with Gasteiger partial charge in [-0.1, -0.05) is 15.9 Å². The fourth-order valence-electron chi connectivity index (χ4n) is 1.06. The Hall–Kier alpha value is -0.770. The lowest BCUT2D eigenvalue weighted by Crippen LogP contribution is -2.07. The van der Waals surface area contributed by atoms with Crippen molar-refractivity contribution in [3.05, 3.63) is 34.9 Å². The second-order valence-corrected chi connectivity index (χ2v) is 3.15. The van der Waals surface area contributed by atoms with E-state index >= 15 is 0 Å². The van der Waals surface area contributed by atoms with Crippen molar-refractivity contribution in [3.63, 3.8) is 0 Å². The van der Waals surface area contributed by atoms with E-state index in [1.54, 1.807) is 0 Å². The Kier molecular flexibility index (Phi) is 3.14. The fourth-order valence-corrected chi connectivity index (χ4v) is 1.34. The molecule has 0 saturated carbocycles. The van der Waals surface area contributed by atoms with Crippen LogP contribution in [0.5, 0.6) is 0 Å². The van der Waals surface area contributed by atoms with Crippen molar-refractivity contribution in [2.45, 2.75) is 6.92 Å². The molecule has 0 radical (unpaired) electrons.